The van der Waals surface area contributed by atoms with E-state index < -0.39 is 0 Å². The van der Waals surface area contributed by atoms with Crippen molar-refractivity contribution in [2.45, 2.75) is 13.5 Å². The van der Waals surface area contributed by atoms with Crippen molar-refractivity contribution in [2.24, 2.45) is 24.3 Å². The Morgan fingerprint density at radius 3 is 2.53 bits per heavy atom. The van der Waals surface area contributed by atoms with Crippen molar-refractivity contribution in [3.63, 3.8) is 0 Å². The van der Waals surface area contributed by atoms with Gasteiger partial charge in [-0.2, -0.15) is 20.4 Å². The quantitative estimate of drug-likeness (QED) is 0.546. The molecule has 2 aromatic heterocycles. The maximum Gasteiger partial charge on any atom is 0.427 e. The fourth-order valence-corrected chi connectivity index (χ4v) is 1.48. The summed E-state index contributed by atoms with van der Waals surface area (Å²) in [5.74, 6) is 0. The molecule has 19 heavy (non-hydrogen) atoms. The minimum absolute atomic E-state index is 0. The maximum absolute atomic E-state index is 8.78. The molecule has 0 saturated heterocycles. The predicted molar refractivity (Wildman–Crippen MR) is 64.1 cm³/mol. The van der Waals surface area contributed by atoms with E-state index >= 15 is 0 Å². The molecular weight excluding hydrogens is 268 g/mol. The lowest BCUT2D eigenvalue weighted by Crippen LogP contribution is -3.00. The van der Waals surface area contributed by atoms with Crippen molar-refractivity contribution in [3.8, 4) is 0 Å². The van der Waals surface area contributed by atoms with E-state index in [1.807, 2.05) is 14.0 Å². The fourth-order valence-electron chi connectivity index (χ4n) is 1.48. The molecule has 2 rings (SSSR count). The molecule has 0 aliphatic carbocycles. The van der Waals surface area contributed by atoms with Crippen molar-refractivity contribution in [1.82, 2.24) is 19.6 Å². The Balaban J connectivity index is 0.00000180. The molecule has 0 bridgehead atoms. The Hall–Kier alpha value is -2.27. The monoisotopic (exact) mass is 280 g/mol. The van der Waals surface area contributed by atoms with Crippen LogP contribution in [-0.4, -0.2) is 19.6 Å². The van der Waals surface area contributed by atoms with Crippen LogP contribution >= 0.6 is 0 Å². The molecular formula is C10H13ClN8. The van der Waals surface area contributed by atoms with Crippen LogP contribution in [0.25, 0.3) is 4.98 Å². The summed E-state index contributed by atoms with van der Waals surface area (Å²) < 4.78 is 3.33. The number of hydrogen-bond donors (Lipinski definition) is 0. The van der Waals surface area contributed by atoms with Gasteiger partial charge in [0.05, 0.1) is 11.9 Å². The zero-order valence-corrected chi connectivity index (χ0v) is 11.6. The van der Waals surface area contributed by atoms with Crippen LogP contribution in [0.2, 0.25) is 0 Å². The first kappa shape index (κ1) is 14.8. The molecule has 0 radical (unpaired) electrons. The largest absolute Gasteiger partial charge is 1.00 e. The second-order valence-corrected chi connectivity index (χ2v) is 3.84. The van der Waals surface area contributed by atoms with Crippen LogP contribution in [-0.2, 0) is 20.6 Å². The SMILES string of the molecule is Cc1c(N=NCc2c([N+]#N)cnn2C)cnn1C.[Cl-]. The van der Waals surface area contributed by atoms with Gasteiger partial charge in [-0.25, -0.2) is 0 Å². The Bertz CT molecular complexity index is 632. The van der Waals surface area contributed by atoms with Gasteiger partial charge < -0.3 is 12.4 Å². The highest BCUT2D eigenvalue weighted by molar-refractivity contribution is 5.46. The Morgan fingerprint density at radius 2 is 1.95 bits per heavy atom. The summed E-state index contributed by atoms with van der Waals surface area (Å²) in [4.78, 5) is 3.14. The molecule has 0 saturated carbocycles. The molecule has 0 aromatic carbocycles. The van der Waals surface area contributed by atoms with Gasteiger partial charge in [0.25, 0.3) is 0 Å². The normalized spacial score (nSPS) is 10.4. The highest BCUT2D eigenvalue weighted by atomic mass is 35.5. The zero-order valence-electron chi connectivity index (χ0n) is 10.8. The topological polar surface area (TPSA) is 88.5 Å². The smallest absolute Gasteiger partial charge is 0.427 e. The highest BCUT2D eigenvalue weighted by Crippen LogP contribution is 2.21. The molecule has 0 fully saturated rings. The number of aromatic nitrogens is 4. The van der Waals surface area contributed by atoms with E-state index in [1.54, 1.807) is 22.6 Å². The van der Waals surface area contributed by atoms with Gasteiger partial charge in [0.15, 0.2) is 10.7 Å². The fraction of sp³-hybridized carbons (Fsp3) is 0.400. The molecule has 0 spiro atoms. The Kier molecular flexibility index (Phi) is 4.72. The third-order valence-electron chi connectivity index (χ3n) is 2.76. The number of halogens is 1. The van der Waals surface area contributed by atoms with Crippen LogP contribution in [0.15, 0.2) is 22.6 Å². The summed E-state index contributed by atoms with van der Waals surface area (Å²) in [5.41, 5.74) is 2.76. The Labute approximate surface area is 116 Å². The third kappa shape index (κ3) is 2.95. The van der Waals surface area contributed by atoms with Gasteiger partial charge in [-0.15, -0.1) is 0 Å². The lowest BCUT2D eigenvalue weighted by atomic mass is 10.4. The average molecular weight is 281 g/mol. The van der Waals surface area contributed by atoms with E-state index in [4.69, 9.17) is 5.39 Å². The van der Waals surface area contributed by atoms with Crippen LogP contribution in [0.3, 0.4) is 0 Å². The summed E-state index contributed by atoms with van der Waals surface area (Å²) >= 11 is 0. The minimum Gasteiger partial charge on any atom is -1.00 e. The molecule has 0 amide bonds. The standard InChI is InChI=1S/C10H13N8.ClH/c1-7-8(4-13-17(7)2)16-12-6-10-9(15-11)5-14-18(10)3;/h4-5H,6H2,1-3H3;1H/q+1;/p-1. The second kappa shape index (κ2) is 6.06. The average Bonchev–Trinajstić information content (AvgIpc) is 2.87. The first-order valence-corrected chi connectivity index (χ1v) is 5.35. The van der Waals surface area contributed by atoms with Crippen LogP contribution in [0.5, 0.6) is 0 Å². The Morgan fingerprint density at radius 1 is 1.26 bits per heavy atom. The van der Waals surface area contributed by atoms with Crippen LogP contribution < -0.4 is 12.4 Å². The van der Waals surface area contributed by atoms with Crippen molar-refractivity contribution in [2.75, 3.05) is 0 Å². The second-order valence-electron chi connectivity index (χ2n) is 3.84. The van der Waals surface area contributed by atoms with Gasteiger partial charge in [-0.05, 0) is 6.92 Å². The van der Waals surface area contributed by atoms with Crippen LogP contribution in [0.1, 0.15) is 11.4 Å². The van der Waals surface area contributed by atoms with E-state index in [0.717, 1.165) is 11.4 Å². The van der Waals surface area contributed by atoms with E-state index in [9.17, 15) is 0 Å². The minimum atomic E-state index is 0. The molecule has 8 nitrogen and oxygen atoms in total. The van der Waals surface area contributed by atoms with E-state index in [0.29, 0.717) is 17.9 Å². The predicted octanol–water partition coefficient (Wildman–Crippen LogP) is -0.766. The van der Waals surface area contributed by atoms with Crippen molar-refractivity contribution in [3.05, 3.63) is 28.8 Å². The van der Waals surface area contributed by atoms with Gasteiger partial charge in [0.2, 0.25) is 5.39 Å². The van der Waals surface area contributed by atoms with Gasteiger partial charge >= 0.3 is 5.69 Å². The van der Waals surface area contributed by atoms with Gasteiger partial charge in [-0.1, -0.05) is 0 Å². The van der Waals surface area contributed by atoms with Gasteiger partial charge in [0.1, 0.15) is 18.4 Å². The molecule has 0 N–H and O–H groups in total. The van der Waals surface area contributed by atoms with E-state index in [2.05, 4.69) is 25.4 Å². The van der Waals surface area contributed by atoms with E-state index in [1.165, 1.54) is 6.20 Å². The first-order chi connectivity index (χ1) is 8.63. The number of azo groups is 1. The maximum atomic E-state index is 8.78. The summed E-state index contributed by atoms with van der Waals surface area (Å²) in [6.07, 6.45) is 3.12. The molecule has 2 heterocycles. The molecule has 100 valence electrons. The molecule has 0 unspecified atom stereocenters. The molecule has 2 aromatic rings. The molecule has 0 atom stereocenters. The zero-order chi connectivity index (χ0) is 13.1. The third-order valence-corrected chi connectivity index (χ3v) is 2.76. The van der Waals surface area contributed by atoms with E-state index in [-0.39, 0.29) is 12.4 Å². The number of aryl methyl sites for hydroxylation is 2. The number of hydrogen-bond acceptors (Lipinski definition) is 5. The van der Waals surface area contributed by atoms with Crippen molar-refractivity contribution in [1.29, 1.82) is 5.39 Å². The summed E-state index contributed by atoms with van der Waals surface area (Å²) in [6, 6.07) is 0. The van der Waals surface area contributed by atoms with Crippen molar-refractivity contribution < 1.29 is 12.4 Å². The van der Waals surface area contributed by atoms with Crippen LogP contribution in [0, 0.1) is 12.3 Å². The number of diazo groups is 1. The highest BCUT2D eigenvalue weighted by Gasteiger charge is 2.18. The lowest BCUT2D eigenvalue weighted by Gasteiger charge is -1.94. The van der Waals surface area contributed by atoms with Crippen LogP contribution in [0.4, 0.5) is 11.4 Å². The number of nitrogens with zero attached hydrogens (tertiary/aromatic N) is 8. The molecule has 0 aliphatic rings. The van der Waals surface area contributed by atoms with Gasteiger partial charge in [-0.3, -0.25) is 9.36 Å². The van der Waals surface area contributed by atoms with Crippen molar-refractivity contribution >= 4 is 11.4 Å². The van der Waals surface area contributed by atoms with Gasteiger partial charge in [0, 0.05) is 14.1 Å². The summed E-state index contributed by atoms with van der Waals surface area (Å²) in [7, 11) is 3.60. The molecule has 0 aliphatic heterocycles. The number of rotatable bonds is 3. The summed E-state index contributed by atoms with van der Waals surface area (Å²) in [5, 5.41) is 25.0. The lowest BCUT2D eigenvalue weighted by molar-refractivity contribution is -0.00000435. The summed E-state index contributed by atoms with van der Waals surface area (Å²) in [6.45, 7) is 2.21. The first-order valence-electron chi connectivity index (χ1n) is 5.35. The molecule has 9 heteroatoms.